The molecule has 4 heteroatoms. The van der Waals surface area contributed by atoms with Crippen molar-refractivity contribution in [3.05, 3.63) is 72.7 Å². The van der Waals surface area contributed by atoms with Crippen molar-refractivity contribution < 1.29 is 4.74 Å². The number of ether oxygens (including phenoxy) is 1. The molecule has 4 aromatic rings. The molecule has 1 N–H and O–H groups in total. The summed E-state index contributed by atoms with van der Waals surface area (Å²) in [5.74, 6) is 0.848. The third-order valence-corrected chi connectivity index (χ3v) is 4.42. The smallest absolute Gasteiger partial charge is 0.121 e. The van der Waals surface area contributed by atoms with Crippen LogP contribution in [0, 0.1) is 6.92 Å². The first-order valence-corrected chi connectivity index (χ1v) is 8.55. The number of benzene rings is 2. The Labute approximate surface area is 153 Å². The van der Waals surface area contributed by atoms with Gasteiger partial charge in [-0.1, -0.05) is 0 Å². The Morgan fingerprint density at radius 3 is 2.62 bits per heavy atom. The van der Waals surface area contributed by atoms with Crippen LogP contribution in [-0.4, -0.2) is 16.7 Å². The van der Waals surface area contributed by atoms with Crippen molar-refractivity contribution in [2.75, 3.05) is 12.4 Å². The van der Waals surface area contributed by atoms with Crippen LogP contribution in [0.4, 0.5) is 11.4 Å². The van der Waals surface area contributed by atoms with Gasteiger partial charge in [0.05, 0.1) is 12.6 Å². The lowest BCUT2D eigenvalue weighted by Gasteiger charge is -2.11. The molecule has 2 aromatic heterocycles. The molecule has 4 nitrogen and oxygen atoms in total. The second-order valence-corrected chi connectivity index (χ2v) is 6.56. The lowest BCUT2D eigenvalue weighted by Crippen LogP contribution is -1.93. The highest BCUT2D eigenvalue weighted by molar-refractivity contribution is 5.87. The van der Waals surface area contributed by atoms with Crippen molar-refractivity contribution >= 4 is 22.3 Å². The third-order valence-electron chi connectivity index (χ3n) is 4.42. The summed E-state index contributed by atoms with van der Waals surface area (Å²) in [5.41, 5.74) is 6.46. The molecule has 0 spiro atoms. The van der Waals surface area contributed by atoms with Gasteiger partial charge in [-0.2, -0.15) is 0 Å². The molecule has 0 amide bonds. The van der Waals surface area contributed by atoms with E-state index in [4.69, 9.17) is 4.74 Å². The third kappa shape index (κ3) is 3.26. The number of rotatable bonds is 4. The van der Waals surface area contributed by atoms with Gasteiger partial charge in [0.2, 0.25) is 0 Å². The van der Waals surface area contributed by atoms with Crippen molar-refractivity contribution in [1.29, 1.82) is 0 Å². The number of hydrogen-bond donors (Lipinski definition) is 1. The Hall–Kier alpha value is -3.27. The summed E-state index contributed by atoms with van der Waals surface area (Å²) in [7, 11) is 3.71. The first kappa shape index (κ1) is 16.2. The Kier molecular flexibility index (Phi) is 4.09. The summed E-state index contributed by atoms with van der Waals surface area (Å²) in [6.45, 7) is 2.06. The van der Waals surface area contributed by atoms with Crippen LogP contribution in [-0.2, 0) is 7.05 Å². The zero-order chi connectivity index (χ0) is 18.1. The van der Waals surface area contributed by atoms with E-state index in [9.17, 15) is 0 Å². The summed E-state index contributed by atoms with van der Waals surface area (Å²) < 4.78 is 7.40. The standard InChI is InChI=1S/C22H21N3O/c1-15-8-20(12-21(9-15)26-3)24-19-4-5-22-17(11-19)10-18(13-23-22)16-6-7-25(2)14-16/h4-14,24H,1-3H3. The molecular formula is C22H21N3O. The average molecular weight is 343 g/mol. The first-order chi connectivity index (χ1) is 12.6. The highest BCUT2D eigenvalue weighted by Crippen LogP contribution is 2.28. The maximum Gasteiger partial charge on any atom is 0.121 e. The van der Waals surface area contributed by atoms with E-state index in [1.807, 2.05) is 48.3 Å². The fraction of sp³-hybridized carbons (Fsp3) is 0.136. The van der Waals surface area contributed by atoms with Crippen LogP contribution in [0.15, 0.2) is 67.1 Å². The Morgan fingerprint density at radius 2 is 1.85 bits per heavy atom. The molecule has 0 fully saturated rings. The zero-order valence-corrected chi connectivity index (χ0v) is 15.2. The Balaban J connectivity index is 1.69. The molecule has 2 heterocycles. The van der Waals surface area contributed by atoms with Gasteiger partial charge in [-0.15, -0.1) is 0 Å². The van der Waals surface area contributed by atoms with Crippen LogP contribution >= 0.6 is 0 Å². The summed E-state index contributed by atoms with van der Waals surface area (Å²) in [4.78, 5) is 4.60. The van der Waals surface area contributed by atoms with Crippen molar-refractivity contribution in [2.24, 2.45) is 7.05 Å². The minimum absolute atomic E-state index is 0.848. The van der Waals surface area contributed by atoms with Crippen molar-refractivity contribution in [1.82, 2.24) is 9.55 Å². The van der Waals surface area contributed by atoms with E-state index in [-0.39, 0.29) is 0 Å². The molecule has 0 aliphatic heterocycles. The van der Waals surface area contributed by atoms with Crippen LogP contribution in [0.25, 0.3) is 22.0 Å². The van der Waals surface area contributed by atoms with Crippen molar-refractivity contribution in [2.45, 2.75) is 6.92 Å². The molecule has 0 aliphatic carbocycles. The minimum atomic E-state index is 0.848. The Morgan fingerprint density at radius 1 is 0.962 bits per heavy atom. The van der Waals surface area contributed by atoms with E-state index in [0.29, 0.717) is 0 Å². The maximum atomic E-state index is 5.36. The van der Waals surface area contributed by atoms with E-state index < -0.39 is 0 Å². The van der Waals surface area contributed by atoms with E-state index in [1.54, 1.807) is 7.11 Å². The monoisotopic (exact) mass is 343 g/mol. The number of aromatic nitrogens is 2. The number of pyridine rings is 1. The van der Waals surface area contributed by atoms with Crippen LogP contribution in [0.5, 0.6) is 5.75 Å². The van der Waals surface area contributed by atoms with Gasteiger partial charge in [0.25, 0.3) is 0 Å². The van der Waals surface area contributed by atoms with Crippen molar-refractivity contribution in [3.8, 4) is 16.9 Å². The first-order valence-electron chi connectivity index (χ1n) is 8.55. The Bertz CT molecular complexity index is 1080. The normalized spacial score (nSPS) is 10.9. The number of nitrogens with zero attached hydrogens (tertiary/aromatic N) is 2. The summed E-state index contributed by atoms with van der Waals surface area (Å²) in [6, 6.07) is 16.6. The lowest BCUT2D eigenvalue weighted by atomic mass is 10.1. The molecular weight excluding hydrogens is 322 g/mol. The van der Waals surface area contributed by atoms with Gasteiger partial charge in [-0.05, 0) is 55.0 Å². The second-order valence-electron chi connectivity index (χ2n) is 6.56. The van der Waals surface area contributed by atoms with Gasteiger partial charge in [0.1, 0.15) is 5.75 Å². The lowest BCUT2D eigenvalue weighted by molar-refractivity contribution is 0.414. The van der Waals surface area contributed by atoms with E-state index in [2.05, 4.69) is 47.7 Å². The number of fused-ring (bicyclic) bond motifs is 1. The predicted octanol–water partition coefficient (Wildman–Crippen LogP) is 5.30. The summed E-state index contributed by atoms with van der Waals surface area (Å²) in [5, 5.41) is 4.57. The van der Waals surface area contributed by atoms with Crippen molar-refractivity contribution in [3.63, 3.8) is 0 Å². The molecule has 0 aliphatic rings. The number of aryl methyl sites for hydroxylation is 2. The molecule has 0 unspecified atom stereocenters. The van der Waals surface area contributed by atoms with Crippen LogP contribution in [0.3, 0.4) is 0 Å². The molecule has 0 radical (unpaired) electrons. The molecule has 0 saturated heterocycles. The van der Waals surface area contributed by atoms with Gasteiger partial charge in [-0.3, -0.25) is 4.98 Å². The molecule has 130 valence electrons. The fourth-order valence-corrected chi connectivity index (χ4v) is 3.15. The molecule has 4 rings (SSSR count). The zero-order valence-electron chi connectivity index (χ0n) is 15.2. The van der Waals surface area contributed by atoms with Crippen LogP contribution < -0.4 is 10.1 Å². The minimum Gasteiger partial charge on any atom is -0.497 e. The van der Waals surface area contributed by atoms with Crippen LogP contribution in [0.2, 0.25) is 0 Å². The van der Waals surface area contributed by atoms with Gasteiger partial charge in [-0.25, -0.2) is 0 Å². The van der Waals surface area contributed by atoms with Gasteiger partial charge in [0.15, 0.2) is 0 Å². The number of nitrogens with one attached hydrogen (secondary N) is 1. The summed E-state index contributed by atoms with van der Waals surface area (Å²) >= 11 is 0. The van der Waals surface area contributed by atoms with E-state index in [0.717, 1.165) is 39.2 Å². The topological polar surface area (TPSA) is 39.1 Å². The van der Waals surface area contributed by atoms with Gasteiger partial charge >= 0.3 is 0 Å². The number of hydrogen-bond acceptors (Lipinski definition) is 3. The maximum absolute atomic E-state index is 5.36. The molecule has 0 atom stereocenters. The molecule has 26 heavy (non-hydrogen) atoms. The number of methoxy groups -OCH3 is 1. The van der Waals surface area contributed by atoms with Gasteiger partial charge < -0.3 is 14.6 Å². The largest absolute Gasteiger partial charge is 0.497 e. The number of anilines is 2. The van der Waals surface area contributed by atoms with Crippen LogP contribution in [0.1, 0.15) is 5.56 Å². The molecule has 0 bridgehead atoms. The molecule has 0 saturated carbocycles. The highest BCUT2D eigenvalue weighted by atomic mass is 16.5. The van der Waals surface area contributed by atoms with E-state index >= 15 is 0 Å². The predicted molar refractivity (Wildman–Crippen MR) is 107 cm³/mol. The van der Waals surface area contributed by atoms with E-state index in [1.165, 1.54) is 5.56 Å². The summed E-state index contributed by atoms with van der Waals surface area (Å²) in [6.07, 6.45) is 6.07. The second kappa shape index (κ2) is 6.56. The quantitative estimate of drug-likeness (QED) is 0.546. The highest BCUT2D eigenvalue weighted by Gasteiger charge is 2.05. The average Bonchev–Trinajstić information content (AvgIpc) is 3.07. The SMILES string of the molecule is COc1cc(C)cc(Nc2ccc3ncc(-c4ccn(C)c4)cc3c2)c1. The molecule has 2 aromatic carbocycles. The van der Waals surface area contributed by atoms with Gasteiger partial charge in [0, 0.05) is 59.6 Å². The fourth-order valence-electron chi connectivity index (χ4n) is 3.15.